The van der Waals surface area contributed by atoms with Crippen molar-refractivity contribution in [3.05, 3.63) is 72.1 Å². The maximum Gasteiger partial charge on any atom is 0.219 e. The number of ether oxygens (including phenoxy) is 1. The van der Waals surface area contributed by atoms with E-state index in [1.165, 1.54) is 16.8 Å². The summed E-state index contributed by atoms with van der Waals surface area (Å²) in [5, 5.41) is 9.72. The highest BCUT2D eigenvalue weighted by Gasteiger charge is 2.31. The number of aryl methyl sites for hydroxylation is 2. The first-order valence-corrected chi connectivity index (χ1v) is 14.9. The van der Waals surface area contributed by atoms with E-state index in [1.807, 2.05) is 29.7 Å². The van der Waals surface area contributed by atoms with Crippen LogP contribution in [0.3, 0.4) is 0 Å². The van der Waals surface area contributed by atoms with Crippen LogP contribution < -0.4 is 4.90 Å². The van der Waals surface area contributed by atoms with E-state index in [9.17, 15) is 4.79 Å². The molecule has 0 aliphatic carbocycles. The Bertz CT molecular complexity index is 1730. The molecule has 2 fully saturated rings. The molecule has 1 atom stereocenters. The van der Waals surface area contributed by atoms with E-state index in [0.29, 0.717) is 5.92 Å². The molecule has 0 saturated carbocycles. The van der Waals surface area contributed by atoms with Crippen LogP contribution in [0.15, 0.2) is 60.8 Å². The first-order chi connectivity index (χ1) is 20.5. The Balaban J connectivity index is 1.43. The third-order valence-electron chi connectivity index (χ3n) is 9.11. The highest BCUT2D eigenvalue weighted by molar-refractivity contribution is 6.08. The molecule has 5 aromatic rings. The average Bonchev–Trinajstić information content (AvgIpc) is 3.53. The molecule has 2 aromatic carbocycles. The quantitative estimate of drug-likeness (QED) is 0.300. The lowest BCUT2D eigenvalue weighted by Crippen LogP contribution is -2.48. The first kappa shape index (κ1) is 26.6. The van der Waals surface area contributed by atoms with E-state index in [1.54, 1.807) is 6.92 Å². The summed E-state index contributed by atoms with van der Waals surface area (Å²) in [6.45, 7) is 8.35. The molecule has 9 nitrogen and oxygen atoms in total. The molecule has 2 saturated heterocycles. The lowest BCUT2D eigenvalue weighted by atomic mass is 9.86. The van der Waals surface area contributed by atoms with Crippen molar-refractivity contribution < 1.29 is 9.53 Å². The SMILES string of the molecule is CC(=O)N1CCN(c2ccc3c(c2)c2ncc(-c4c(C)nnn4C)cc2n3[C@H](c2ccccc2)C2CCOCC2)CC1. The number of piperazine rings is 1. The monoisotopic (exact) mass is 563 g/mol. The fraction of sp³-hybridized carbons (Fsp3) is 0.394. The van der Waals surface area contributed by atoms with Gasteiger partial charge in [-0.15, -0.1) is 5.10 Å². The van der Waals surface area contributed by atoms with Crippen molar-refractivity contribution in [1.82, 2.24) is 29.4 Å². The van der Waals surface area contributed by atoms with E-state index >= 15 is 0 Å². The van der Waals surface area contributed by atoms with E-state index in [-0.39, 0.29) is 11.9 Å². The van der Waals surface area contributed by atoms with Gasteiger partial charge in [-0.3, -0.25) is 9.78 Å². The number of aromatic nitrogens is 5. The molecule has 0 N–H and O–H groups in total. The van der Waals surface area contributed by atoms with Crippen molar-refractivity contribution >= 4 is 33.5 Å². The summed E-state index contributed by atoms with van der Waals surface area (Å²) in [5.41, 5.74) is 8.64. The lowest BCUT2D eigenvalue weighted by molar-refractivity contribution is -0.129. The van der Waals surface area contributed by atoms with Crippen LogP contribution in [-0.4, -0.2) is 74.7 Å². The average molecular weight is 564 g/mol. The number of nitrogens with zero attached hydrogens (tertiary/aromatic N) is 7. The molecule has 0 spiro atoms. The summed E-state index contributed by atoms with van der Waals surface area (Å²) >= 11 is 0. The molecular formula is C33H37N7O2. The standard InChI is InChI=1S/C33H37N7O2/c1-22-32(37(3)36-35-22)26-19-30-31(34-21-26)28-20-27(39-15-13-38(14-16-39)23(2)41)9-10-29(28)40(30)33(24-7-5-4-6-8-24)25-11-17-42-18-12-25/h4-10,19-21,25,33H,11-18H2,1-3H3/t33-/m1/s1. The molecule has 216 valence electrons. The van der Waals surface area contributed by atoms with Crippen LogP contribution in [0.4, 0.5) is 5.69 Å². The molecule has 2 aliphatic rings. The van der Waals surface area contributed by atoms with Crippen LogP contribution in [-0.2, 0) is 16.6 Å². The number of hydrogen-bond acceptors (Lipinski definition) is 6. The van der Waals surface area contributed by atoms with Crippen molar-refractivity contribution in [2.45, 2.75) is 32.7 Å². The minimum atomic E-state index is 0.142. The van der Waals surface area contributed by atoms with Crippen molar-refractivity contribution in [2.75, 3.05) is 44.3 Å². The van der Waals surface area contributed by atoms with Gasteiger partial charge in [0.05, 0.1) is 34.0 Å². The normalized spacial score (nSPS) is 17.3. The van der Waals surface area contributed by atoms with Gasteiger partial charge in [-0.05, 0) is 55.5 Å². The highest BCUT2D eigenvalue weighted by atomic mass is 16.5. The molecule has 1 amide bonds. The molecule has 9 heteroatoms. The molecule has 7 rings (SSSR count). The van der Waals surface area contributed by atoms with Crippen molar-refractivity contribution in [3.8, 4) is 11.3 Å². The minimum absolute atomic E-state index is 0.142. The second kappa shape index (κ2) is 10.9. The first-order valence-electron chi connectivity index (χ1n) is 14.9. The Morgan fingerprint density at radius 3 is 2.43 bits per heavy atom. The number of benzene rings is 2. The van der Waals surface area contributed by atoms with Crippen molar-refractivity contribution in [1.29, 1.82) is 0 Å². The van der Waals surface area contributed by atoms with Crippen molar-refractivity contribution in [3.63, 3.8) is 0 Å². The zero-order valence-corrected chi connectivity index (χ0v) is 24.5. The maximum atomic E-state index is 11.9. The predicted octanol–water partition coefficient (Wildman–Crippen LogP) is 4.98. The van der Waals surface area contributed by atoms with Gasteiger partial charge in [0, 0.05) is 76.2 Å². The van der Waals surface area contributed by atoms with E-state index in [4.69, 9.17) is 9.72 Å². The summed E-state index contributed by atoms with van der Waals surface area (Å²) in [5.74, 6) is 0.579. The van der Waals surface area contributed by atoms with E-state index in [0.717, 1.165) is 85.6 Å². The van der Waals surface area contributed by atoms with Gasteiger partial charge in [0.25, 0.3) is 0 Å². The Morgan fingerprint density at radius 1 is 0.976 bits per heavy atom. The summed E-state index contributed by atoms with van der Waals surface area (Å²) in [6.07, 6.45) is 3.98. The van der Waals surface area contributed by atoms with Gasteiger partial charge in [-0.25, -0.2) is 4.68 Å². The summed E-state index contributed by atoms with van der Waals surface area (Å²) in [4.78, 5) is 21.3. The fourth-order valence-electron chi connectivity index (χ4n) is 6.97. The van der Waals surface area contributed by atoms with Gasteiger partial charge in [0.1, 0.15) is 0 Å². The van der Waals surface area contributed by atoms with Crippen LogP contribution in [0.25, 0.3) is 33.2 Å². The van der Waals surface area contributed by atoms with Gasteiger partial charge in [-0.2, -0.15) is 0 Å². The zero-order chi connectivity index (χ0) is 28.8. The van der Waals surface area contributed by atoms with Gasteiger partial charge in [0.15, 0.2) is 0 Å². The number of rotatable bonds is 5. The smallest absolute Gasteiger partial charge is 0.219 e. The predicted molar refractivity (Wildman–Crippen MR) is 165 cm³/mol. The summed E-state index contributed by atoms with van der Waals surface area (Å²) in [6, 6.07) is 20.1. The molecule has 0 bridgehead atoms. The molecule has 2 aliphatic heterocycles. The zero-order valence-electron chi connectivity index (χ0n) is 24.5. The molecule has 42 heavy (non-hydrogen) atoms. The molecular weight excluding hydrogens is 526 g/mol. The summed E-state index contributed by atoms with van der Waals surface area (Å²) < 4.78 is 10.2. The molecule has 3 aromatic heterocycles. The van der Waals surface area contributed by atoms with E-state index in [2.05, 4.69) is 74.4 Å². The number of carbonyl (C=O) groups is 1. The molecule has 5 heterocycles. The topological polar surface area (TPSA) is 81.3 Å². The van der Waals surface area contributed by atoms with Gasteiger partial charge >= 0.3 is 0 Å². The van der Waals surface area contributed by atoms with Gasteiger partial charge in [0.2, 0.25) is 5.91 Å². The van der Waals surface area contributed by atoms with Gasteiger partial charge in [-0.1, -0.05) is 35.5 Å². The number of pyridine rings is 1. The second-order valence-electron chi connectivity index (χ2n) is 11.6. The number of carbonyl (C=O) groups excluding carboxylic acids is 1. The number of fused-ring (bicyclic) bond motifs is 3. The Hall–Kier alpha value is -4.24. The second-order valence-corrected chi connectivity index (χ2v) is 11.6. The Morgan fingerprint density at radius 2 is 1.74 bits per heavy atom. The highest BCUT2D eigenvalue weighted by Crippen LogP contribution is 2.42. The number of anilines is 1. The number of hydrogen-bond donors (Lipinski definition) is 0. The Labute approximate surface area is 245 Å². The summed E-state index contributed by atoms with van der Waals surface area (Å²) in [7, 11) is 1.93. The number of amides is 1. The third-order valence-corrected chi connectivity index (χ3v) is 9.11. The van der Waals surface area contributed by atoms with Gasteiger partial charge < -0.3 is 19.1 Å². The van der Waals surface area contributed by atoms with E-state index < -0.39 is 0 Å². The Kier molecular flexibility index (Phi) is 6.90. The van der Waals surface area contributed by atoms with Crippen LogP contribution in [0.1, 0.15) is 37.1 Å². The maximum absolute atomic E-state index is 11.9. The largest absolute Gasteiger partial charge is 0.381 e. The molecule has 0 radical (unpaired) electrons. The minimum Gasteiger partial charge on any atom is -0.381 e. The third kappa shape index (κ3) is 4.61. The van der Waals surface area contributed by atoms with Crippen LogP contribution in [0, 0.1) is 12.8 Å². The van der Waals surface area contributed by atoms with Crippen molar-refractivity contribution in [2.24, 2.45) is 13.0 Å². The lowest BCUT2D eigenvalue weighted by Gasteiger charge is -2.35. The van der Waals surface area contributed by atoms with Crippen LogP contribution >= 0.6 is 0 Å². The molecule has 0 unspecified atom stereocenters. The van der Waals surface area contributed by atoms with Crippen LogP contribution in [0.2, 0.25) is 0 Å². The fourth-order valence-corrected chi connectivity index (χ4v) is 6.97. The van der Waals surface area contributed by atoms with Crippen LogP contribution in [0.5, 0.6) is 0 Å².